The lowest BCUT2D eigenvalue weighted by Crippen LogP contribution is -2.36. The number of nitrogens with one attached hydrogen (secondary N) is 1. The SMILES string of the molecule is CCN(C(=O)Cn1cccc1C(C)NC)C1CC1. The van der Waals surface area contributed by atoms with Crippen molar-refractivity contribution >= 4 is 5.91 Å². The van der Waals surface area contributed by atoms with Crippen molar-refractivity contribution < 1.29 is 4.79 Å². The Balaban J connectivity index is 2.04. The third-order valence-corrected chi connectivity index (χ3v) is 3.70. The van der Waals surface area contributed by atoms with Crippen LogP contribution in [-0.4, -0.2) is 35.0 Å². The summed E-state index contributed by atoms with van der Waals surface area (Å²) in [5.41, 5.74) is 1.16. The zero-order valence-electron chi connectivity index (χ0n) is 11.5. The van der Waals surface area contributed by atoms with E-state index in [1.165, 1.54) is 12.8 Å². The molecular formula is C14H23N3O. The molecule has 1 unspecified atom stereocenters. The first-order valence-electron chi connectivity index (χ1n) is 6.79. The summed E-state index contributed by atoms with van der Waals surface area (Å²) >= 11 is 0. The Morgan fingerprint density at radius 3 is 2.89 bits per heavy atom. The first-order chi connectivity index (χ1) is 8.67. The molecule has 0 saturated heterocycles. The highest BCUT2D eigenvalue weighted by Gasteiger charge is 2.31. The van der Waals surface area contributed by atoms with Crippen molar-refractivity contribution in [1.29, 1.82) is 0 Å². The van der Waals surface area contributed by atoms with Crippen molar-refractivity contribution in [2.75, 3.05) is 13.6 Å². The molecule has 1 fully saturated rings. The highest BCUT2D eigenvalue weighted by molar-refractivity contribution is 5.76. The van der Waals surface area contributed by atoms with E-state index in [4.69, 9.17) is 0 Å². The lowest BCUT2D eigenvalue weighted by molar-refractivity contribution is -0.132. The van der Waals surface area contributed by atoms with Crippen molar-refractivity contribution in [3.8, 4) is 0 Å². The fourth-order valence-corrected chi connectivity index (χ4v) is 2.37. The molecule has 0 bridgehead atoms. The molecule has 2 rings (SSSR count). The topological polar surface area (TPSA) is 37.3 Å². The number of amides is 1. The van der Waals surface area contributed by atoms with Crippen LogP contribution in [0.2, 0.25) is 0 Å². The molecule has 0 spiro atoms. The Hall–Kier alpha value is -1.29. The molecule has 1 N–H and O–H groups in total. The van der Waals surface area contributed by atoms with Gasteiger partial charge in [-0.3, -0.25) is 4.79 Å². The van der Waals surface area contributed by atoms with Gasteiger partial charge in [0, 0.05) is 30.5 Å². The monoisotopic (exact) mass is 249 g/mol. The molecule has 1 atom stereocenters. The van der Waals surface area contributed by atoms with E-state index in [0.717, 1.165) is 12.2 Å². The molecule has 1 aliphatic rings. The van der Waals surface area contributed by atoms with Gasteiger partial charge in [0.1, 0.15) is 6.54 Å². The van der Waals surface area contributed by atoms with E-state index in [1.807, 2.05) is 24.2 Å². The minimum atomic E-state index is 0.237. The summed E-state index contributed by atoms with van der Waals surface area (Å²) in [6.45, 7) is 5.44. The lowest BCUT2D eigenvalue weighted by atomic mass is 10.2. The fraction of sp³-hybridized carbons (Fsp3) is 0.643. The molecule has 100 valence electrons. The van der Waals surface area contributed by atoms with Gasteiger partial charge in [-0.25, -0.2) is 0 Å². The van der Waals surface area contributed by atoms with E-state index in [1.54, 1.807) is 0 Å². The zero-order chi connectivity index (χ0) is 13.1. The van der Waals surface area contributed by atoms with Gasteiger partial charge in [-0.1, -0.05) is 0 Å². The summed E-state index contributed by atoms with van der Waals surface area (Å²) in [6, 6.07) is 4.85. The Morgan fingerprint density at radius 2 is 2.33 bits per heavy atom. The number of rotatable bonds is 6. The third-order valence-electron chi connectivity index (χ3n) is 3.70. The summed E-state index contributed by atoms with van der Waals surface area (Å²) < 4.78 is 2.05. The number of carbonyl (C=O) groups is 1. The van der Waals surface area contributed by atoms with Gasteiger partial charge in [-0.15, -0.1) is 0 Å². The van der Waals surface area contributed by atoms with Crippen LogP contribution in [0.15, 0.2) is 18.3 Å². The molecular weight excluding hydrogens is 226 g/mol. The van der Waals surface area contributed by atoms with Gasteiger partial charge in [-0.05, 0) is 45.9 Å². The average Bonchev–Trinajstić information content (AvgIpc) is 3.09. The molecule has 0 radical (unpaired) electrons. The van der Waals surface area contributed by atoms with E-state index >= 15 is 0 Å². The normalized spacial score (nSPS) is 16.6. The number of hydrogen-bond donors (Lipinski definition) is 1. The highest BCUT2D eigenvalue weighted by Crippen LogP contribution is 2.27. The fourth-order valence-electron chi connectivity index (χ4n) is 2.37. The van der Waals surface area contributed by atoms with Crippen LogP contribution in [0.3, 0.4) is 0 Å². The standard InChI is InChI=1S/C14H23N3O/c1-4-17(12-7-8-12)14(18)10-16-9-5-6-13(16)11(2)15-3/h5-6,9,11-12,15H,4,7-8,10H2,1-3H3. The maximum absolute atomic E-state index is 12.3. The average molecular weight is 249 g/mol. The van der Waals surface area contributed by atoms with Crippen LogP contribution in [0, 0.1) is 0 Å². The maximum Gasteiger partial charge on any atom is 0.242 e. The third kappa shape index (κ3) is 2.75. The number of hydrogen-bond acceptors (Lipinski definition) is 2. The second-order valence-corrected chi connectivity index (χ2v) is 4.98. The number of aromatic nitrogens is 1. The zero-order valence-corrected chi connectivity index (χ0v) is 11.5. The van der Waals surface area contributed by atoms with Crippen molar-refractivity contribution in [2.45, 2.75) is 45.3 Å². The first kappa shape index (κ1) is 13.1. The van der Waals surface area contributed by atoms with Crippen LogP contribution >= 0.6 is 0 Å². The number of likely N-dealkylation sites (N-methyl/N-ethyl adjacent to an activating group) is 1. The van der Waals surface area contributed by atoms with Gasteiger partial charge in [-0.2, -0.15) is 0 Å². The van der Waals surface area contributed by atoms with Crippen molar-refractivity contribution in [3.05, 3.63) is 24.0 Å². The highest BCUT2D eigenvalue weighted by atomic mass is 16.2. The second-order valence-electron chi connectivity index (χ2n) is 4.98. The van der Waals surface area contributed by atoms with Crippen LogP contribution < -0.4 is 5.32 Å². The molecule has 1 amide bonds. The molecule has 4 nitrogen and oxygen atoms in total. The predicted octanol–water partition coefficient (Wildman–Crippen LogP) is 1.78. The van der Waals surface area contributed by atoms with Crippen LogP contribution in [-0.2, 0) is 11.3 Å². The van der Waals surface area contributed by atoms with Crippen molar-refractivity contribution in [2.24, 2.45) is 0 Å². The predicted molar refractivity (Wildman–Crippen MR) is 72.3 cm³/mol. The van der Waals surface area contributed by atoms with E-state index in [9.17, 15) is 4.79 Å². The molecule has 1 heterocycles. The first-order valence-corrected chi connectivity index (χ1v) is 6.79. The lowest BCUT2D eigenvalue weighted by Gasteiger charge is -2.22. The number of carbonyl (C=O) groups excluding carboxylic acids is 1. The minimum Gasteiger partial charge on any atom is -0.341 e. The Kier molecular flexibility index (Phi) is 4.07. The molecule has 1 aliphatic carbocycles. The van der Waals surface area contributed by atoms with Crippen LogP contribution in [0.5, 0.6) is 0 Å². The van der Waals surface area contributed by atoms with Gasteiger partial charge in [0.15, 0.2) is 0 Å². The number of nitrogens with zero attached hydrogens (tertiary/aromatic N) is 2. The van der Waals surface area contributed by atoms with E-state index < -0.39 is 0 Å². The molecule has 1 aromatic heterocycles. The Bertz CT molecular complexity index is 409. The summed E-state index contributed by atoms with van der Waals surface area (Å²) in [6.07, 6.45) is 4.33. The minimum absolute atomic E-state index is 0.237. The van der Waals surface area contributed by atoms with E-state index in [-0.39, 0.29) is 11.9 Å². The molecule has 0 aliphatic heterocycles. The van der Waals surface area contributed by atoms with Crippen molar-refractivity contribution in [3.63, 3.8) is 0 Å². The summed E-state index contributed by atoms with van der Waals surface area (Å²) in [4.78, 5) is 14.3. The van der Waals surface area contributed by atoms with Crippen LogP contribution in [0.25, 0.3) is 0 Å². The van der Waals surface area contributed by atoms with E-state index in [2.05, 4.69) is 29.8 Å². The summed E-state index contributed by atoms with van der Waals surface area (Å²) in [7, 11) is 1.94. The molecule has 1 saturated carbocycles. The summed E-state index contributed by atoms with van der Waals surface area (Å²) in [5, 5.41) is 3.21. The molecule has 4 heteroatoms. The van der Waals surface area contributed by atoms with Gasteiger partial charge in [0.25, 0.3) is 0 Å². The smallest absolute Gasteiger partial charge is 0.242 e. The van der Waals surface area contributed by atoms with Crippen LogP contribution in [0.1, 0.15) is 38.4 Å². The van der Waals surface area contributed by atoms with Gasteiger partial charge < -0.3 is 14.8 Å². The molecule has 1 aromatic rings. The molecule has 18 heavy (non-hydrogen) atoms. The Labute approximate surface area is 109 Å². The van der Waals surface area contributed by atoms with Gasteiger partial charge in [0.2, 0.25) is 5.91 Å². The largest absolute Gasteiger partial charge is 0.341 e. The second kappa shape index (κ2) is 5.57. The van der Waals surface area contributed by atoms with E-state index in [0.29, 0.717) is 12.6 Å². The summed E-state index contributed by atoms with van der Waals surface area (Å²) in [5.74, 6) is 0.237. The van der Waals surface area contributed by atoms with Gasteiger partial charge >= 0.3 is 0 Å². The maximum atomic E-state index is 12.3. The molecule has 0 aromatic carbocycles. The van der Waals surface area contributed by atoms with Gasteiger partial charge in [0.05, 0.1) is 0 Å². The quantitative estimate of drug-likeness (QED) is 0.834. The van der Waals surface area contributed by atoms with Crippen LogP contribution in [0.4, 0.5) is 0 Å². The Morgan fingerprint density at radius 1 is 1.61 bits per heavy atom. The van der Waals surface area contributed by atoms with Crippen molar-refractivity contribution in [1.82, 2.24) is 14.8 Å².